The van der Waals surface area contributed by atoms with E-state index < -0.39 is 0 Å². The zero-order chi connectivity index (χ0) is 24.8. The third-order valence-corrected chi connectivity index (χ3v) is 6.16. The molecule has 2 aromatic heterocycles. The maximum absolute atomic E-state index is 14.2. The van der Waals surface area contributed by atoms with E-state index in [1.807, 2.05) is 30.5 Å². The van der Waals surface area contributed by atoms with Gasteiger partial charge < -0.3 is 4.57 Å². The summed E-state index contributed by atoms with van der Waals surface area (Å²) in [6.45, 7) is 12.1. The van der Waals surface area contributed by atoms with E-state index in [-0.39, 0.29) is 5.83 Å². The Kier molecular flexibility index (Phi) is 7.71. The minimum atomic E-state index is -0.237. The summed E-state index contributed by atoms with van der Waals surface area (Å²) in [7, 11) is 0. The summed E-state index contributed by atoms with van der Waals surface area (Å²) in [6, 6.07) is 4.31. The predicted octanol–water partition coefficient (Wildman–Crippen LogP) is 7.90. The Balaban J connectivity index is 1.52. The van der Waals surface area contributed by atoms with Crippen molar-refractivity contribution in [2.75, 3.05) is 6.54 Å². The van der Waals surface area contributed by atoms with Gasteiger partial charge in [0.05, 0.1) is 11.4 Å². The number of aromatic nitrogens is 2. The van der Waals surface area contributed by atoms with E-state index in [1.165, 1.54) is 11.6 Å². The third kappa shape index (κ3) is 5.83. The third-order valence-electron chi connectivity index (χ3n) is 6.16. The minimum Gasteiger partial charge on any atom is -0.354 e. The highest BCUT2D eigenvalue weighted by Crippen LogP contribution is 2.26. The molecule has 2 aliphatic rings. The van der Waals surface area contributed by atoms with E-state index in [9.17, 15) is 4.39 Å². The molecule has 4 heteroatoms. The Bertz CT molecular complexity index is 1340. The van der Waals surface area contributed by atoms with Gasteiger partial charge in [-0.05, 0) is 73.8 Å². The number of allylic oxidation sites excluding steroid dienone is 11. The number of pyridine rings is 1. The molecular weight excluding hydrogens is 433 g/mol. The van der Waals surface area contributed by atoms with Crippen molar-refractivity contribution >= 4 is 11.8 Å². The number of hydrogen-bond acceptors (Lipinski definition) is 2. The summed E-state index contributed by atoms with van der Waals surface area (Å²) in [6.07, 6.45) is 23.2. The normalized spacial score (nSPS) is 21.5. The van der Waals surface area contributed by atoms with Crippen LogP contribution in [0.1, 0.15) is 37.9 Å². The highest BCUT2D eigenvalue weighted by Gasteiger charge is 2.16. The van der Waals surface area contributed by atoms with E-state index >= 15 is 0 Å². The quantitative estimate of drug-likeness (QED) is 0.382. The Labute approximate surface area is 207 Å². The van der Waals surface area contributed by atoms with Crippen LogP contribution >= 0.6 is 0 Å². The number of nitrogens with zero attached hydrogens (tertiary/aromatic N) is 3. The minimum absolute atomic E-state index is 0.237. The van der Waals surface area contributed by atoms with Crippen LogP contribution in [0.5, 0.6) is 0 Å². The van der Waals surface area contributed by atoms with Gasteiger partial charge in [-0.1, -0.05) is 43.9 Å². The smallest absolute Gasteiger partial charge is 0.126 e. The first-order valence-electron chi connectivity index (χ1n) is 12.1. The first kappa shape index (κ1) is 24.3. The Morgan fingerprint density at radius 2 is 2.06 bits per heavy atom. The van der Waals surface area contributed by atoms with Gasteiger partial charge in [0.15, 0.2) is 0 Å². The molecule has 4 rings (SSSR count). The van der Waals surface area contributed by atoms with E-state index in [0.29, 0.717) is 12.1 Å². The maximum Gasteiger partial charge on any atom is 0.126 e. The van der Waals surface area contributed by atoms with Crippen molar-refractivity contribution in [1.82, 2.24) is 9.55 Å². The molecule has 0 atom stereocenters. The van der Waals surface area contributed by atoms with Crippen LogP contribution in [0, 0.1) is 6.92 Å². The summed E-state index contributed by atoms with van der Waals surface area (Å²) in [5, 5.41) is 0. The molecule has 0 amide bonds. The van der Waals surface area contributed by atoms with Gasteiger partial charge in [0, 0.05) is 54.0 Å². The Hall–Kier alpha value is -3.79. The van der Waals surface area contributed by atoms with Crippen molar-refractivity contribution in [3.63, 3.8) is 0 Å². The molecule has 3 heterocycles. The number of hydrogen-bond donors (Lipinski definition) is 0. The molecule has 0 radical (unpaired) electrons. The van der Waals surface area contributed by atoms with Gasteiger partial charge in [-0.25, -0.2) is 4.39 Å². The van der Waals surface area contributed by atoms with Crippen LogP contribution in [0.2, 0.25) is 0 Å². The highest BCUT2D eigenvalue weighted by atomic mass is 19.1. The molecule has 35 heavy (non-hydrogen) atoms. The van der Waals surface area contributed by atoms with Crippen molar-refractivity contribution in [3.05, 3.63) is 119 Å². The van der Waals surface area contributed by atoms with E-state index in [2.05, 4.69) is 55.6 Å². The predicted molar refractivity (Wildman–Crippen MR) is 146 cm³/mol. The van der Waals surface area contributed by atoms with Crippen LogP contribution < -0.4 is 0 Å². The van der Waals surface area contributed by atoms with Gasteiger partial charge in [-0.3, -0.25) is 9.98 Å². The van der Waals surface area contributed by atoms with Crippen molar-refractivity contribution < 1.29 is 4.39 Å². The van der Waals surface area contributed by atoms with Crippen LogP contribution in [-0.4, -0.2) is 21.8 Å². The van der Waals surface area contributed by atoms with Gasteiger partial charge in [-0.15, -0.1) is 0 Å². The average Bonchev–Trinajstić information content (AvgIpc) is 3.33. The van der Waals surface area contributed by atoms with Crippen molar-refractivity contribution in [2.45, 2.75) is 40.2 Å². The van der Waals surface area contributed by atoms with Gasteiger partial charge in [0.2, 0.25) is 0 Å². The largest absolute Gasteiger partial charge is 0.354 e. The van der Waals surface area contributed by atoms with E-state index in [1.54, 1.807) is 19.1 Å². The second-order valence-corrected chi connectivity index (χ2v) is 8.90. The van der Waals surface area contributed by atoms with Crippen LogP contribution in [0.15, 0.2) is 113 Å². The standard InChI is InChI=1S/C31H32FN3/c1-5-17-35-18-15-26(21-35)27-19-24(4)30(34-20-27)14-11-22(2)28-10-7-16-33-31(28)25-9-6-8-23(3)29(32)13-12-25/h6,8-15,18-21H,2,5,7,16-17H2,1,3-4H3/b8-6?,9-6+,13-12?,14-11-,23-8+,25-9?,25-12+,29-13+,29-23?. The molecule has 0 saturated carbocycles. The van der Waals surface area contributed by atoms with Crippen molar-refractivity contribution in [2.24, 2.45) is 4.99 Å². The summed E-state index contributed by atoms with van der Waals surface area (Å²) >= 11 is 0. The first-order valence-corrected chi connectivity index (χ1v) is 12.1. The summed E-state index contributed by atoms with van der Waals surface area (Å²) in [5.74, 6) is -0.237. The topological polar surface area (TPSA) is 30.2 Å². The monoisotopic (exact) mass is 465 g/mol. The number of aliphatic imine (C=N–C) groups is 1. The number of dihydropyridines is 1. The lowest BCUT2D eigenvalue weighted by Crippen LogP contribution is -2.12. The second kappa shape index (κ2) is 11.1. The second-order valence-electron chi connectivity index (χ2n) is 8.90. The lowest BCUT2D eigenvalue weighted by atomic mass is 9.92. The fourth-order valence-electron chi connectivity index (χ4n) is 4.18. The molecule has 0 bridgehead atoms. The zero-order valence-electron chi connectivity index (χ0n) is 20.8. The molecule has 0 saturated heterocycles. The highest BCUT2D eigenvalue weighted by molar-refractivity contribution is 6.17. The van der Waals surface area contributed by atoms with Gasteiger partial charge >= 0.3 is 0 Å². The van der Waals surface area contributed by atoms with Crippen LogP contribution in [0.25, 0.3) is 17.2 Å². The Morgan fingerprint density at radius 3 is 2.86 bits per heavy atom. The summed E-state index contributed by atoms with van der Waals surface area (Å²) in [4.78, 5) is 9.46. The molecule has 2 aromatic rings. The SMILES string of the molecule is C=C(/C=C\c1ncc(-c2ccn(CCC)c2)cc1C)C1=CCCN=C1C1=C/C=C(F)\C(C)=C\C=C\1. The van der Waals surface area contributed by atoms with Crippen molar-refractivity contribution in [1.29, 1.82) is 0 Å². The van der Waals surface area contributed by atoms with E-state index in [4.69, 9.17) is 9.98 Å². The van der Waals surface area contributed by atoms with Gasteiger partial charge in [0.25, 0.3) is 0 Å². The van der Waals surface area contributed by atoms with Crippen LogP contribution in [-0.2, 0) is 6.54 Å². The summed E-state index contributed by atoms with van der Waals surface area (Å²) in [5.41, 5.74) is 8.47. The molecule has 1 aliphatic carbocycles. The molecule has 0 fully saturated rings. The lowest BCUT2D eigenvalue weighted by Gasteiger charge is -2.17. The number of aryl methyl sites for hydroxylation is 2. The van der Waals surface area contributed by atoms with E-state index in [0.717, 1.165) is 58.6 Å². The number of halogens is 1. The van der Waals surface area contributed by atoms with Crippen LogP contribution in [0.3, 0.4) is 0 Å². The van der Waals surface area contributed by atoms with Gasteiger partial charge in [0.1, 0.15) is 5.83 Å². The summed E-state index contributed by atoms with van der Waals surface area (Å²) < 4.78 is 16.4. The van der Waals surface area contributed by atoms with Crippen LogP contribution in [0.4, 0.5) is 4.39 Å². The van der Waals surface area contributed by atoms with Gasteiger partial charge in [-0.2, -0.15) is 0 Å². The molecule has 0 spiro atoms. The molecule has 1 aliphatic heterocycles. The average molecular weight is 466 g/mol. The molecule has 0 aromatic carbocycles. The number of rotatable bonds is 7. The molecule has 0 N–H and O–H groups in total. The fourth-order valence-corrected chi connectivity index (χ4v) is 4.18. The maximum atomic E-state index is 14.2. The van der Waals surface area contributed by atoms with Crippen molar-refractivity contribution in [3.8, 4) is 11.1 Å². The molecule has 3 nitrogen and oxygen atoms in total. The first-order chi connectivity index (χ1) is 17.0. The lowest BCUT2D eigenvalue weighted by molar-refractivity contribution is 0.651. The Morgan fingerprint density at radius 1 is 1.20 bits per heavy atom. The fraction of sp³-hybridized carbons (Fsp3) is 0.226. The molecule has 0 unspecified atom stereocenters. The molecule has 178 valence electrons. The molecular formula is C31H32FN3. The zero-order valence-corrected chi connectivity index (χ0v) is 20.8.